The van der Waals surface area contributed by atoms with Gasteiger partial charge < -0.3 is 14.6 Å². The second kappa shape index (κ2) is 5.08. The van der Waals surface area contributed by atoms with E-state index >= 15 is 0 Å². The minimum atomic E-state index is -0.496. The molecular weight excluding hydrogens is 264 g/mol. The van der Waals surface area contributed by atoms with E-state index in [2.05, 4.69) is 18.2 Å². The highest BCUT2D eigenvalue weighted by atomic mass is 16.6. The third-order valence-corrected chi connectivity index (χ3v) is 4.47. The van der Waals surface area contributed by atoms with Crippen LogP contribution in [0.2, 0.25) is 0 Å². The molecule has 1 aliphatic carbocycles. The standard InChI is InChI=1S/C18H18O3/c19-18(15-7-5-12-3-1-2-4-14(12)15)13-6-8-16-17(11-13)21-10-9-20-16/h1-4,6,8,11,15,18-19H,5,7,9-10H2. The van der Waals surface area contributed by atoms with Gasteiger partial charge in [0.1, 0.15) is 13.2 Å². The van der Waals surface area contributed by atoms with Gasteiger partial charge in [-0.2, -0.15) is 0 Å². The minimum absolute atomic E-state index is 0.170. The van der Waals surface area contributed by atoms with Crippen molar-refractivity contribution in [2.45, 2.75) is 24.9 Å². The molecule has 1 N–H and O–H groups in total. The molecule has 0 radical (unpaired) electrons. The molecule has 2 unspecified atom stereocenters. The molecule has 2 aromatic rings. The van der Waals surface area contributed by atoms with Gasteiger partial charge in [0.25, 0.3) is 0 Å². The number of ether oxygens (including phenoxy) is 2. The van der Waals surface area contributed by atoms with E-state index in [0.29, 0.717) is 13.2 Å². The van der Waals surface area contributed by atoms with E-state index in [0.717, 1.165) is 29.9 Å². The molecule has 0 aromatic heterocycles. The maximum atomic E-state index is 10.8. The summed E-state index contributed by atoms with van der Waals surface area (Å²) in [5, 5.41) is 10.8. The highest BCUT2D eigenvalue weighted by Crippen LogP contribution is 2.43. The molecule has 0 bridgehead atoms. The highest BCUT2D eigenvalue weighted by molar-refractivity contribution is 5.46. The molecule has 0 saturated carbocycles. The predicted octanol–water partition coefficient (Wildman–Crippen LogP) is 3.22. The molecule has 0 amide bonds. The van der Waals surface area contributed by atoms with Gasteiger partial charge in [0, 0.05) is 5.92 Å². The Morgan fingerprint density at radius 3 is 2.71 bits per heavy atom. The number of aliphatic hydroxyl groups is 1. The Labute approximate surface area is 124 Å². The third-order valence-electron chi connectivity index (χ3n) is 4.47. The van der Waals surface area contributed by atoms with Crippen molar-refractivity contribution < 1.29 is 14.6 Å². The van der Waals surface area contributed by atoms with Gasteiger partial charge >= 0.3 is 0 Å². The predicted molar refractivity (Wildman–Crippen MR) is 79.9 cm³/mol. The number of hydrogen-bond acceptors (Lipinski definition) is 3. The van der Waals surface area contributed by atoms with Gasteiger partial charge in [-0.05, 0) is 41.7 Å². The molecule has 2 aromatic carbocycles. The van der Waals surface area contributed by atoms with Crippen LogP contribution in [0.3, 0.4) is 0 Å². The SMILES string of the molecule is OC(c1ccc2c(c1)OCCO2)C1CCc2ccccc21. The highest BCUT2D eigenvalue weighted by Gasteiger charge is 2.30. The van der Waals surface area contributed by atoms with Crippen molar-refractivity contribution in [3.05, 3.63) is 59.2 Å². The van der Waals surface area contributed by atoms with Crippen LogP contribution in [-0.2, 0) is 6.42 Å². The van der Waals surface area contributed by atoms with Crippen molar-refractivity contribution in [1.82, 2.24) is 0 Å². The summed E-state index contributed by atoms with van der Waals surface area (Å²) in [7, 11) is 0. The van der Waals surface area contributed by atoms with Gasteiger partial charge in [0.15, 0.2) is 11.5 Å². The van der Waals surface area contributed by atoms with Crippen molar-refractivity contribution in [2.24, 2.45) is 0 Å². The molecule has 1 aliphatic heterocycles. The maximum absolute atomic E-state index is 10.8. The second-order valence-electron chi connectivity index (χ2n) is 5.69. The number of aryl methyl sites for hydroxylation is 1. The van der Waals surface area contributed by atoms with E-state index < -0.39 is 6.10 Å². The van der Waals surface area contributed by atoms with Crippen molar-refractivity contribution in [3.63, 3.8) is 0 Å². The summed E-state index contributed by atoms with van der Waals surface area (Å²) in [6, 6.07) is 14.2. The quantitative estimate of drug-likeness (QED) is 0.919. The molecule has 0 saturated heterocycles. The van der Waals surface area contributed by atoms with Crippen LogP contribution in [0.15, 0.2) is 42.5 Å². The molecular formula is C18H18O3. The van der Waals surface area contributed by atoms with E-state index in [-0.39, 0.29) is 5.92 Å². The molecule has 3 heteroatoms. The topological polar surface area (TPSA) is 38.7 Å². The Morgan fingerprint density at radius 1 is 1.00 bits per heavy atom. The summed E-state index contributed by atoms with van der Waals surface area (Å²) < 4.78 is 11.1. The van der Waals surface area contributed by atoms with Crippen LogP contribution in [0.25, 0.3) is 0 Å². The van der Waals surface area contributed by atoms with E-state index in [4.69, 9.17) is 9.47 Å². The van der Waals surface area contributed by atoms with Crippen molar-refractivity contribution in [1.29, 1.82) is 0 Å². The largest absolute Gasteiger partial charge is 0.486 e. The Bertz CT molecular complexity index is 665. The molecule has 0 fully saturated rings. The Morgan fingerprint density at radius 2 is 1.81 bits per heavy atom. The fourth-order valence-corrected chi connectivity index (χ4v) is 3.39. The van der Waals surface area contributed by atoms with Crippen LogP contribution in [0.5, 0.6) is 11.5 Å². The van der Waals surface area contributed by atoms with Gasteiger partial charge in [0.05, 0.1) is 6.10 Å². The lowest BCUT2D eigenvalue weighted by molar-refractivity contribution is 0.142. The zero-order chi connectivity index (χ0) is 14.2. The van der Waals surface area contributed by atoms with Crippen molar-refractivity contribution >= 4 is 0 Å². The average Bonchev–Trinajstić information content (AvgIpc) is 2.98. The first-order chi connectivity index (χ1) is 10.3. The number of rotatable bonds is 2. The first kappa shape index (κ1) is 12.7. The minimum Gasteiger partial charge on any atom is -0.486 e. The molecule has 2 atom stereocenters. The Hall–Kier alpha value is -2.00. The fourth-order valence-electron chi connectivity index (χ4n) is 3.39. The average molecular weight is 282 g/mol. The van der Waals surface area contributed by atoms with Crippen molar-refractivity contribution in [2.75, 3.05) is 13.2 Å². The summed E-state index contributed by atoms with van der Waals surface area (Å²) in [4.78, 5) is 0. The van der Waals surface area contributed by atoms with E-state index in [1.807, 2.05) is 24.3 Å². The van der Waals surface area contributed by atoms with Crippen molar-refractivity contribution in [3.8, 4) is 11.5 Å². The molecule has 3 nitrogen and oxygen atoms in total. The summed E-state index contributed by atoms with van der Waals surface area (Å²) in [5.41, 5.74) is 3.54. The zero-order valence-corrected chi connectivity index (χ0v) is 11.8. The molecule has 4 rings (SSSR count). The van der Waals surface area contributed by atoms with Crippen LogP contribution in [0.4, 0.5) is 0 Å². The number of benzene rings is 2. The van der Waals surface area contributed by atoms with Crippen LogP contribution in [0.1, 0.15) is 35.1 Å². The second-order valence-corrected chi connectivity index (χ2v) is 5.69. The van der Waals surface area contributed by atoms with Gasteiger partial charge in [-0.3, -0.25) is 0 Å². The molecule has 108 valence electrons. The lowest BCUT2D eigenvalue weighted by Gasteiger charge is -2.23. The summed E-state index contributed by atoms with van der Waals surface area (Å²) in [6.07, 6.45) is 1.54. The third kappa shape index (κ3) is 2.18. The summed E-state index contributed by atoms with van der Waals surface area (Å²) >= 11 is 0. The number of hydrogen-bond donors (Lipinski definition) is 1. The molecule has 21 heavy (non-hydrogen) atoms. The Kier molecular flexibility index (Phi) is 3.08. The smallest absolute Gasteiger partial charge is 0.161 e. The van der Waals surface area contributed by atoms with Gasteiger partial charge in [0.2, 0.25) is 0 Å². The van der Waals surface area contributed by atoms with E-state index in [1.165, 1.54) is 11.1 Å². The van der Waals surface area contributed by atoms with Gasteiger partial charge in [-0.25, -0.2) is 0 Å². The first-order valence-electron chi connectivity index (χ1n) is 7.48. The van der Waals surface area contributed by atoms with Crippen LogP contribution >= 0.6 is 0 Å². The van der Waals surface area contributed by atoms with E-state index in [9.17, 15) is 5.11 Å². The molecule has 2 aliphatic rings. The zero-order valence-electron chi connectivity index (χ0n) is 11.8. The molecule has 0 spiro atoms. The van der Waals surface area contributed by atoms with Crippen LogP contribution < -0.4 is 9.47 Å². The lowest BCUT2D eigenvalue weighted by Crippen LogP contribution is -2.16. The van der Waals surface area contributed by atoms with Crippen LogP contribution in [-0.4, -0.2) is 18.3 Å². The lowest BCUT2D eigenvalue weighted by atomic mass is 9.90. The summed E-state index contributed by atoms with van der Waals surface area (Å²) in [5.74, 6) is 1.68. The monoisotopic (exact) mass is 282 g/mol. The summed E-state index contributed by atoms with van der Waals surface area (Å²) in [6.45, 7) is 1.16. The van der Waals surface area contributed by atoms with E-state index in [1.54, 1.807) is 0 Å². The molecule has 1 heterocycles. The number of fused-ring (bicyclic) bond motifs is 2. The van der Waals surface area contributed by atoms with Gasteiger partial charge in [-0.15, -0.1) is 0 Å². The maximum Gasteiger partial charge on any atom is 0.161 e. The first-order valence-corrected chi connectivity index (χ1v) is 7.48. The van der Waals surface area contributed by atoms with Crippen LogP contribution in [0, 0.1) is 0 Å². The normalized spacial score (nSPS) is 20.9. The number of aliphatic hydroxyl groups excluding tert-OH is 1. The fraction of sp³-hybridized carbons (Fsp3) is 0.333. The Balaban J connectivity index is 1.65. The van der Waals surface area contributed by atoms with Gasteiger partial charge in [-0.1, -0.05) is 30.3 Å².